The molecule has 0 aromatic rings. The average molecular weight is 226 g/mol. The zero-order chi connectivity index (χ0) is 12.4. The quantitative estimate of drug-likeness (QED) is 0.425. The van der Waals surface area contributed by atoms with Gasteiger partial charge in [-0.1, -0.05) is 86.0 Å². The van der Waals surface area contributed by atoms with E-state index in [1.54, 1.807) is 0 Å². The lowest BCUT2D eigenvalue weighted by Gasteiger charge is -2.17. The maximum atomic E-state index is 2.44. The van der Waals surface area contributed by atoms with Crippen LogP contribution in [-0.4, -0.2) is 0 Å². The van der Waals surface area contributed by atoms with Gasteiger partial charge in [-0.15, -0.1) is 0 Å². The molecule has 0 aliphatic heterocycles. The summed E-state index contributed by atoms with van der Waals surface area (Å²) in [4.78, 5) is 0. The SMILES string of the molecule is CCCCC(C)CCC(C)CCC(C)CC. The lowest BCUT2D eigenvalue weighted by molar-refractivity contribution is 0.361. The van der Waals surface area contributed by atoms with E-state index in [9.17, 15) is 0 Å². The van der Waals surface area contributed by atoms with E-state index in [1.807, 2.05) is 0 Å². The zero-order valence-corrected chi connectivity index (χ0v) is 12.4. The molecule has 3 unspecified atom stereocenters. The highest BCUT2D eigenvalue weighted by atomic mass is 14.1. The van der Waals surface area contributed by atoms with Gasteiger partial charge < -0.3 is 0 Å². The molecule has 0 aromatic carbocycles. The summed E-state index contributed by atoms with van der Waals surface area (Å²) in [6, 6.07) is 0. The molecule has 0 aromatic heterocycles. The Balaban J connectivity index is 3.45. The second-order valence-corrected chi connectivity index (χ2v) is 6.02. The van der Waals surface area contributed by atoms with Crippen LogP contribution in [0.5, 0.6) is 0 Å². The monoisotopic (exact) mass is 226 g/mol. The summed E-state index contributed by atoms with van der Waals surface area (Å²) in [7, 11) is 0. The van der Waals surface area contributed by atoms with Gasteiger partial charge in [0.2, 0.25) is 0 Å². The number of hydrogen-bond donors (Lipinski definition) is 0. The van der Waals surface area contributed by atoms with E-state index in [0.717, 1.165) is 17.8 Å². The Morgan fingerprint density at radius 2 is 1.06 bits per heavy atom. The molecule has 0 aliphatic carbocycles. The van der Waals surface area contributed by atoms with Crippen LogP contribution in [-0.2, 0) is 0 Å². The van der Waals surface area contributed by atoms with Crippen LogP contribution in [0.4, 0.5) is 0 Å². The Morgan fingerprint density at radius 1 is 0.625 bits per heavy atom. The minimum Gasteiger partial charge on any atom is -0.0654 e. The average Bonchev–Trinajstić information content (AvgIpc) is 2.30. The van der Waals surface area contributed by atoms with Crippen molar-refractivity contribution in [2.45, 2.75) is 86.0 Å². The molecular formula is C16H34. The van der Waals surface area contributed by atoms with Gasteiger partial charge in [0.1, 0.15) is 0 Å². The van der Waals surface area contributed by atoms with Crippen LogP contribution in [0.15, 0.2) is 0 Å². The summed E-state index contributed by atoms with van der Waals surface area (Å²) >= 11 is 0. The fourth-order valence-corrected chi connectivity index (χ4v) is 2.18. The van der Waals surface area contributed by atoms with Crippen LogP contribution >= 0.6 is 0 Å². The summed E-state index contributed by atoms with van der Waals surface area (Å²) < 4.78 is 0. The topological polar surface area (TPSA) is 0 Å². The predicted molar refractivity (Wildman–Crippen MR) is 75.8 cm³/mol. The number of unbranched alkanes of at least 4 members (excludes halogenated alkanes) is 1. The van der Waals surface area contributed by atoms with Crippen LogP contribution in [0.25, 0.3) is 0 Å². The molecular weight excluding hydrogens is 192 g/mol. The largest absolute Gasteiger partial charge is 0.0654 e. The van der Waals surface area contributed by atoms with Crippen LogP contribution < -0.4 is 0 Å². The summed E-state index contributed by atoms with van der Waals surface area (Å²) in [5, 5.41) is 0. The molecule has 0 fully saturated rings. The molecule has 0 nitrogen and oxygen atoms in total. The van der Waals surface area contributed by atoms with E-state index in [-0.39, 0.29) is 0 Å². The van der Waals surface area contributed by atoms with Crippen molar-refractivity contribution in [2.24, 2.45) is 17.8 Å². The second kappa shape index (κ2) is 10.2. The van der Waals surface area contributed by atoms with E-state index >= 15 is 0 Å². The Bertz CT molecular complexity index is 139. The second-order valence-electron chi connectivity index (χ2n) is 6.02. The van der Waals surface area contributed by atoms with E-state index in [0.29, 0.717) is 0 Å². The molecule has 0 aliphatic rings. The maximum Gasteiger partial charge on any atom is -0.0443 e. The summed E-state index contributed by atoms with van der Waals surface area (Å²) in [5.41, 5.74) is 0. The lowest BCUT2D eigenvalue weighted by Crippen LogP contribution is -2.03. The molecule has 16 heavy (non-hydrogen) atoms. The smallest absolute Gasteiger partial charge is 0.0443 e. The van der Waals surface area contributed by atoms with Gasteiger partial charge in [-0.2, -0.15) is 0 Å². The number of rotatable bonds is 10. The van der Waals surface area contributed by atoms with Gasteiger partial charge in [-0.05, 0) is 17.8 Å². The molecule has 0 heterocycles. The molecule has 0 saturated heterocycles. The third-order valence-electron chi connectivity index (χ3n) is 4.05. The van der Waals surface area contributed by atoms with E-state index in [1.165, 1.54) is 51.4 Å². The van der Waals surface area contributed by atoms with Crippen molar-refractivity contribution in [1.29, 1.82) is 0 Å². The maximum absolute atomic E-state index is 2.44. The van der Waals surface area contributed by atoms with Crippen molar-refractivity contribution in [1.82, 2.24) is 0 Å². The van der Waals surface area contributed by atoms with E-state index in [2.05, 4.69) is 34.6 Å². The molecule has 98 valence electrons. The van der Waals surface area contributed by atoms with Crippen molar-refractivity contribution in [3.8, 4) is 0 Å². The fraction of sp³-hybridized carbons (Fsp3) is 1.00. The van der Waals surface area contributed by atoms with Gasteiger partial charge in [0.25, 0.3) is 0 Å². The molecule has 0 saturated carbocycles. The van der Waals surface area contributed by atoms with Crippen molar-refractivity contribution in [3.05, 3.63) is 0 Å². The van der Waals surface area contributed by atoms with Crippen molar-refractivity contribution < 1.29 is 0 Å². The fourth-order valence-electron chi connectivity index (χ4n) is 2.18. The van der Waals surface area contributed by atoms with Crippen LogP contribution in [0.1, 0.15) is 86.0 Å². The summed E-state index contributed by atoms with van der Waals surface area (Å²) in [6.45, 7) is 11.9. The Labute approximate surface area is 104 Å². The first-order valence-electron chi connectivity index (χ1n) is 7.60. The highest BCUT2D eigenvalue weighted by Gasteiger charge is 2.08. The highest BCUT2D eigenvalue weighted by molar-refractivity contribution is 4.60. The first kappa shape index (κ1) is 16.0. The molecule has 0 heteroatoms. The molecule has 0 radical (unpaired) electrons. The summed E-state index contributed by atoms with van der Waals surface area (Å²) in [6.07, 6.45) is 11.3. The van der Waals surface area contributed by atoms with Crippen molar-refractivity contribution in [3.63, 3.8) is 0 Å². The van der Waals surface area contributed by atoms with Crippen molar-refractivity contribution in [2.75, 3.05) is 0 Å². The molecule has 0 rings (SSSR count). The first-order chi connectivity index (χ1) is 7.60. The minimum absolute atomic E-state index is 0.931. The standard InChI is InChI=1S/C16H34/c1-6-8-9-15(4)12-13-16(5)11-10-14(3)7-2/h14-16H,6-13H2,1-5H3. The Hall–Kier alpha value is 0. The van der Waals surface area contributed by atoms with Gasteiger partial charge in [-0.25, -0.2) is 0 Å². The van der Waals surface area contributed by atoms with Gasteiger partial charge in [0, 0.05) is 0 Å². The van der Waals surface area contributed by atoms with E-state index < -0.39 is 0 Å². The lowest BCUT2D eigenvalue weighted by atomic mass is 9.90. The predicted octanol–water partition coefficient (Wildman–Crippen LogP) is 6.06. The van der Waals surface area contributed by atoms with Gasteiger partial charge in [-0.3, -0.25) is 0 Å². The molecule has 3 atom stereocenters. The van der Waals surface area contributed by atoms with Crippen molar-refractivity contribution >= 4 is 0 Å². The molecule has 0 amide bonds. The Morgan fingerprint density at radius 3 is 1.50 bits per heavy atom. The van der Waals surface area contributed by atoms with Gasteiger partial charge in [0.15, 0.2) is 0 Å². The number of hydrogen-bond acceptors (Lipinski definition) is 0. The van der Waals surface area contributed by atoms with Gasteiger partial charge in [0.05, 0.1) is 0 Å². The summed E-state index contributed by atoms with van der Waals surface area (Å²) in [5.74, 6) is 2.82. The third kappa shape index (κ3) is 9.24. The highest BCUT2D eigenvalue weighted by Crippen LogP contribution is 2.22. The molecule has 0 spiro atoms. The van der Waals surface area contributed by atoms with E-state index in [4.69, 9.17) is 0 Å². The first-order valence-corrected chi connectivity index (χ1v) is 7.60. The van der Waals surface area contributed by atoms with Crippen LogP contribution in [0.2, 0.25) is 0 Å². The normalized spacial score (nSPS) is 17.1. The Kier molecular flexibility index (Phi) is 10.2. The van der Waals surface area contributed by atoms with Gasteiger partial charge >= 0.3 is 0 Å². The minimum atomic E-state index is 0.931. The van der Waals surface area contributed by atoms with Crippen LogP contribution in [0, 0.1) is 17.8 Å². The molecule has 0 N–H and O–H groups in total. The third-order valence-corrected chi connectivity index (χ3v) is 4.05. The molecule has 0 bridgehead atoms. The van der Waals surface area contributed by atoms with Crippen LogP contribution in [0.3, 0.4) is 0 Å². The zero-order valence-electron chi connectivity index (χ0n) is 12.4.